The smallest absolute Gasteiger partial charge is 0.339 e. The summed E-state index contributed by atoms with van der Waals surface area (Å²) in [6.45, 7) is 1.63. The van der Waals surface area contributed by atoms with Crippen LogP contribution >= 0.6 is 0 Å². The van der Waals surface area contributed by atoms with Crippen molar-refractivity contribution >= 4 is 5.97 Å². The zero-order valence-corrected chi connectivity index (χ0v) is 11.4. The lowest BCUT2D eigenvalue weighted by Gasteiger charge is -2.10. The number of ether oxygens (including phenoxy) is 2. The second kappa shape index (κ2) is 5.56. The Morgan fingerprint density at radius 1 is 1.25 bits per heavy atom. The first-order chi connectivity index (χ1) is 9.56. The number of carbonyl (C=O) groups is 1. The standard InChI is InChI=1S/C14H14N2O4/c1-8-11(14(17)18)7-15-13(16-8)10-6-9(19-2)4-5-12(10)20-3/h4-7H,1-3H3,(H,17,18). The molecule has 1 N–H and O–H groups in total. The van der Waals surface area contributed by atoms with E-state index in [4.69, 9.17) is 14.6 Å². The first kappa shape index (κ1) is 13.8. The van der Waals surface area contributed by atoms with Crippen LogP contribution in [0, 0.1) is 6.92 Å². The van der Waals surface area contributed by atoms with Gasteiger partial charge in [0.25, 0.3) is 0 Å². The van der Waals surface area contributed by atoms with E-state index in [1.165, 1.54) is 6.20 Å². The number of aryl methyl sites for hydroxylation is 1. The molecule has 1 aromatic heterocycles. The SMILES string of the molecule is COc1ccc(OC)c(-c2ncc(C(=O)O)c(C)n2)c1. The normalized spacial score (nSPS) is 10.2. The maximum atomic E-state index is 11.0. The number of aromatic nitrogens is 2. The molecule has 0 spiro atoms. The lowest BCUT2D eigenvalue weighted by molar-refractivity contribution is 0.0695. The van der Waals surface area contributed by atoms with E-state index in [2.05, 4.69) is 9.97 Å². The Balaban J connectivity index is 2.55. The highest BCUT2D eigenvalue weighted by molar-refractivity contribution is 5.88. The predicted molar refractivity (Wildman–Crippen MR) is 72.3 cm³/mol. The van der Waals surface area contributed by atoms with Crippen molar-refractivity contribution in [2.24, 2.45) is 0 Å². The second-order valence-corrected chi connectivity index (χ2v) is 4.06. The Labute approximate surface area is 116 Å². The summed E-state index contributed by atoms with van der Waals surface area (Å²) in [7, 11) is 3.11. The molecular weight excluding hydrogens is 260 g/mol. The van der Waals surface area contributed by atoms with Crippen molar-refractivity contribution in [3.05, 3.63) is 35.7 Å². The van der Waals surface area contributed by atoms with Crippen LogP contribution in [0.2, 0.25) is 0 Å². The molecule has 0 unspecified atom stereocenters. The van der Waals surface area contributed by atoms with Crippen LogP contribution in [0.3, 0.4) is 0 Å². The zero-order valence-electron chi connectivity index (χ0n) is 11.4. The van der Waals surface area contributed by atoms with E-state index in [9.17, 15) is 4.79 Å². The summed E-state index contributed by atoms with van der Waals surface area (Å²) in [5, 5.41) is 8.99. The maximum absolute atomic E-state index is 11.0. The zero-order chi connectivity index (χ0) is 14.7. The number of carboxylic acids is 1. The van der Waals surface area contributed by atoms with Crippen molar-refractivity contribution in [2.45, 2.75) is 6.92 Å². The molecule has 0 amide bonds. The molecule has 104 valence electrons. The molecule has 0 aliphatic carbocycles. The summed E-state index contributed by atoms with van der Waals surface area (Å²) in [5.74, 6) is 0.576. The predicted octanol–water partition coefficient (Wildman–Crippen LogP) is 2.17. The summed E-state index contributed by atoms with van der Waals surface area (Å²) in [6, 6.07) is 5.26. The highest BCUT2D eigenvalue weighted by Crippen LogP contribution is 2.31. The number of hydrogen-bond acceptors (Lipinski definition) is 5. The summed E-state index contributed by atoms with van der Waals surface area (Å²) >= 11 is 0. The van der Waals surface area contributed by atoms with Crippen molar-refractivity contribution in [1.29, 1.82) is 0 Å². The van der Waals surface area contributed by atoms with E-state index in [1.807, 2.05) is 0 Å². The van der Waals surface area contributed by atoms with E-state index in [0.29, 0.717) is 28.6 Å². The molecule has 0 fully saturated rings. The van der Waals surface area contributed by atoms with Crippen molar-refractivity contribution < 1.29 is 19.4 Å². The van der Waals surface area contributed by atoms with Gasteiger partial charge in [-0.05, 0) is 25.1 Å². The number of rotatable bonds is 4. The molecule has 20 heavy (non-hydrogen) atoms. The van der Waals surface area contributed by atoms with Crippen LogP contribution in [-0.4, -0.2) is 35.3 Å². The molecule has 0 atom stereocenters. The Hall–Kier alpha value is -2.63. The molecule has 6 heteroatoms. The van der Waals surface area contributed by atoms with E-state index in [0.717, 1.165) is 0 Å². The number of aromatic carboxylic acids is 1. The van der Waals surface area contributed by atoms with Crippen LogP contribution in [0.4, 0.5) is 0 Å². The first-order valence-corrected chi connectivity index (χ1v) is 5.86. The van der Waals surface area contributed by atoms with Gasteiger partial charge >= 0.3 is 5.97 Å². The highest BCUT2D eigenvalue weighted by Gasteiger charge is 2.14. The van der Waals surface area contributed by atoms with Crippen molar-refractivity contribution in [2.75, 3.05) is 14.2 Å². The average molecular weight is 274 g/mol. The Kier molecular flexibility index (Phi) is 3.84. The topological polar surface area (TPSA) is 81.5 Å². The van der Waals surface area contributed by atoms with Gasteiger partial charge in [-0.3, -0.25) is 0 Å². The highest BCUT2D eigenvalue weighted by atomic mass is 16.5. The lowest BCUT2D eigenvalue weighted by Crippen LogP contribution is -2.04. The first-order valence-electron chi connectivity index (χ1n) is 5.86. The van der Waals surface area contributed by atoms with Gasteiger partial charge < -0.3 is 14.6 Å². The third-order valence-corrected chi connectivity index (χ3v) is 2.86. The van der Waals surface area contributed by atoms with Gasteiger partial charge in [-0.2, -0.15) is 0 Å². The van der Waals surface area contributed by atoms with Gasteiger partial charge in [0.15, 0.2) is 5.82 Å². The van der Waals surface area contributed by atoms with E-state index >= 15 is 0 Å². The van der Waals surface area contributed by atoms with Gasteiger partial charge in [0.2, 0.25) is 0 Å². The van der Waals surface area contributed by atoms with E-state index in [1.54, 1.807) is 39.3 Å². The third-order valence-electron chi connectivity index (χ3n) is 2.86. The molecule has 2 aromatic rings. The molecule has 0 saturated heterocycles. The van der Waals surface area contributed by atoms with Gasteiger partial charge in [-0.15, -0.1) is 0 Å². The van der Waals surface area contributed by atoms with E-state index in [-0.39, 0.29) is 5.56 Å². The fraction of sp³-hybridized carbons (Fsp3) is 0.214. The van der Waals surface area contributed by atoms with Crippen molar-refractivity contribution in [3.63, 3.8) is 0 Å². The largest absolute Gasteiger partial charge is 0.497 e. The second-order valence-electron chi connectivity index (χ2n) is 4.06. The Morgan fingerprint density at radius 2 is 2.00 bits per heavy atom. The monoisotopic (exact) mass is 274 g/mol. The minimum absolute atomic E-state index is 0.0793. The molecule has 6 nitrogen and oxygen atoms in total. The van der Waals surface area contributed by atoms with Gasteiger partial charge in [-0.25, -0.2) is 14.8 Å². The molecule has 0 saturated carbocycles. The van der Waals surface area contributed by atoms with Crippen LogP contribution in [0.15, 0.2) is 24.4 Å². The average Bonchev–Trinajstić information content (AvgIpc) is 2.46. The summed E-state index contributed by atoms with van der Waals surface area (Å²) in [6.07, 6.45) is 1.29. The minimum Gasteiger partial charge on any atom is -0.497 e. The molecule has 0 aliphatic heterocycles. The van der Waals surface area contributed by atoms with Crippen LogP contribution < -0.4 is 9.47 Å². The van der Waals surface area contributed by atoms with Gasteiger partial charge in [0, 0.05) is 6.20 Å². The minimum atomic E-state index is -1.05. The van der Waals surface area contributed by atoms with Crippen LogP contribution in [-0.2, 0) is 0 Å². The molecule has 2 rings (SSSR count). The van der Waals surface area contributed by atoms with Gasteiger partial charge in [-0.1, -0.05) is 0 Å². The fourth-order valence-corrected chi connectivity index (χ4v) is 1.80. The van der Waals surface area contributed by atoms with Crippen molar-refractivity contribution in [3.8, 4) is 22.9 Å². The molecule has 0 bridgehead atoms. The third kappa shape index (κ3) is 2.54. The summed E-state index contributed by atoms with van der Waals surface area (Å²) in [5.41, 5.74) is 1.12. The van der Waals surface area contributed by atoms with Crippen LogP contribution in [0.25, 0.3) is 11.4 Å². The molecular formula is C14H14N2O4. The fourth-order valence-electron chi connectivity index (χ4n) is 1.80. The van der Waals surface area contributed by atoms with E-state index < -0.39 is 5.97 Å². The Bertz CT molecular complexity index is 656. The van der Waals surface area contributed by atoms with Gasteiger partial charge in [0.1, 0.15) is 11.5 Å². The number of methoxy groups -OCH3 is 2. The number of carboxylic acid groups (broad SMARTS) is 1. The van der Waals surface area contributed by atoms with Crippen LogP contribution in [0.1, 0.15) is 16.1 Å². The molecule has 1 heterocycles. The van der Waals surface area contributed by atoms with Crippen molar-refractivity contribution in [1.82, 2.24) is 9.97 Å². The number of nitrogens with zero attached hydrogens (tertiary/aromatic N) is 2. The van der Waals surface area contributed by atoms with Crippen LogP contribution in [0.5, 0.6) is 11.5 Å². The molecule has 0 aliphatic rings. The molecule has 1 aromatic carbocycles. The summed E-state index contributed by atoms with van der Waals surface area (Å²) in [4.78, 5) is 19.3. The number of hydrogen-bond donors (Lipinski definition) is 1. The quantitative estimate of drug-likeness (QED) is 0.920. The molecule has 0 radical (unpaired) electrons. The summed E-state index contributed by atoms with van der Waals surface area (Å²) < 4.78 is 10.4. The maximum Gasteiger partial charge on any atom is 0.339 e. The van der Waals surface area contributed by atoms with Gasteiger partial charge in [0.05, 0.1) is 31.0 Å². The lowest BCUT2D eigenvalue weighted by atomic mass is 10.1. The Morgan fingerprint density at radius 3 is 2.55 bits per heavy atom. The number of benzene rings is 1.